The second-order valence-electron chi connectivity index (χ2n) is 6.32. The lowest BCUT2D eigenvalue weighted by Crippen LogP contribution is -2.34. The van der Waals surface area contributed by atoms with Crippen molar-refractivity contribution in [2.75, 3.05) is 18.4 Å². The van der Waals surface area contributed by atoms with Crippen molar-refractivity contribution in [1.29, 1.82) is 0 Å². The van der Waals surface area contributed by atoms with Crippen LogP contribution in [0, 0.1) is 0 Å². The molecule has 0 saturated heterocycles. The number of hydrogen-bond donors (Lipinski definition) is 2. The largest absolute Gasteiger partial charge is 0.332 e. The van der Waals surface area contributed by atoms with Crippen molar-refractivity contribution in [2.24, 2.45) is 0 Å². The maximum atomic E-state index is 12.8. The molecule has 6 nitrogen and oxygen atoms in total. The quantitative estimate of drug-likeness (QED) is 0.528. The lowest BCUT2D eigenvalue weighted by molar-refractivity contribution is 0.0977. The van der Waals surface area contributed by atoms with Crippen LogP contribution in [0.5, 0.6) is 0 Å². The lowest BCUT2D eigenvalue weighted by atomic mass is 10.2. The zero-order chi connectivity index (χ0) is 21.4. The average molecular weight is 498 g/mol. The SMILES string of the molecule is CCCN(CCC)S(=O)(=O)c1ccc(NC(=S)NC(=O)c2ccccc2Br)cc1. The number of carbonyl (C=O) groups excluding carboxylic acids is 1. The standard InChI is InChI=1S/C20H24BrN3O3S2/c1-3-13-24(14-4-2)29(26,27)16-11-9-15(10-12-16)22-20(28)23-19(25)17-7-5-6-8-18(17)21/h5-12H,3-4,13-14H2,1-2H3,(H2,22,23,25,28). The van der Waals surface area contributed by atoms with E-state index >= 15 is 0 Å². The summed E-state index contributed by atoms with van der Waals surface area (Å²) < 4.78 is 27.8. The molecule has 9 heteroatoms. The first-order valence-electron chi connectivity index (χ1n) is 9.26. The van der Waals surface area contributed by atoms with Crippen LogP contribution in [0.3, 0.4) is 0 Å². The van der Waals surface area contributed by atoms with Crippen LogP contribution in [-0.2, 0) is 10.0 Å². The van der Waals surface area contributed by atoms with Gasteiger partial charge in [0.15, 0.2) is 5.11 Å². The van der Waals surface area contributed by atoms with E-state index in [0.29, 0.717) is 28.8 Å². The predicted molar refractivity (Wildman–Crippen MR) is 124 cm³/mol. The Morgan fingerprint density at radius 1 is 1.03 bits per heavy atom. The Morgan fingerprint density at radius 2 is 1.62 bits per heavy atom. The number of carbonyl (C=O) groups is 1. The van der Waals surface area contributed by atoms with Gasteiger partial charge in [-0.1, -0.05) is 26.0 Å². The van der Waals surface area contributed by atoms with Gasteiger partial charge in [-0.3, -0.25) is 10.1 Å². The predicted octanol–water partition coefficient (Wildman–Crippen LogP) is 4.39. The molecule has 2 rings (SSSR count). The van der Waals surface area contributed by atoms with Gasteiger partial charge >= 0.3 is 0 Å². The summed E-state index contributed by atoms with van der Waals surface area (Å²) in [6.07, 6.45) is 1.51. The minimum absolute atomic E-state index is 0.125. The van der Waals surface area contributed by atoms with Crippen LogP contribution in [0.2, 0.25) is 0 Å². The number of rotatable bonds is 8. The first-order valence-corrected chi connectivity index (χ1v) is 11.9. The Bertz CT molecular complexity index is 957. The van der Waals surface area contributed by atoms with Gasteiger partial charge in [0.05, 0.1) is 10.5 Å². The second kappa shape index (κ2) is 10.8. The maximum absolute atomic E-state index is 12.8. The highest BCUT2D eigenvalue weighted by Crippen LogP contribution is 2.19. The molecule has 0 radical (unpaired) electrons. The fourth-order valence-electron chi connectivity index (χ4n) is 2.69. The molecule has 1 amide bonds. The number of anilines is 1. The van der Waals surface area contributed by atoms with Crippen LogP contribution in [0.15, 0.2) is 57.9 Å². The average Bonchev–Trinajstić information content (AvgIpc) is 2.68. The van der Waals surface area contributed by atoms with Crippen molar-refractivity contribution in [2.45, 2.75) is 31.6 Å². The number of halogens is 1. The van der Waals surface area contributed by atoms with Crippen LogP contribution >= 0.6 is 28.1 Å². The van der Waals surface area contributed by atoms with E-state index in [4.69, 9.17) is 12.2 Å². The molecule has 0 aromatic heterocycles. The summed E-state index contributed by atoms with van der Waals surface area (Å²) in [6.45, 7) is 4.88. The van der Waals surface area contributed by atoms with E-state index in [2.05, 4.69) is 26.6 Å². The van der Waals surface area contributed by atoms with Gasteiger partial charge < -0.3 is 5.32 Å². The Kier molecular flexibility index (Phi) is 8.76. The molecule has 2 aromatic carbocycles. The summed E-state index contributed by atoms with van der Waals surface area (Å²) in [5.41, 5.74) is 1.05. The van der Waals surface area contributed by atoms with Gasteiger partial charge in [-0.15, -0.1) is 0 Å². The topological polar surface area (TPSA) is 78.5 Å². The molecule has 0 aliphatic rings. The van der Waals surface area contributed by atoms with Crippen LogP contribution in [0.4, 0.5) is 5.69 Å². The van der Waals surface area contributed by atoms with Crippen molar-refractivity contribution in [3.8, 4) is 0 Å². The van der Waals surface area contributed by atoms with E-state index in [9.17, 15) is 13.2 Å². The molecule has 2 aromatic rings. The van der Waals surface area contributed by atoms with E-state index in [-0.39, 0.29) is 15.9 Å². The highest BCUT2D eigenvalue weighted by atomic mass is 79.9. The summed E-state index contributed by atoms with van der Waals surface area (Å²) in [5.74, 6) is -0.344. The van der Waals surface area contributed by atoms with Crippen LogP contribution in [0.1, 0.15) is 37.0 Å². The third-order valence-corrected chi connectivity index (χ3v) is 6.85. The zero-order valence-corrected chi connectivity index (χ0v) is 19.5. The molecule has 0 bridgehead atoms. The van der Waals surface area contributed by atoms with Gasteiger partial charge in [-0.2, -0.15) is 4.31 Å². The highest BCUT2D eigenvalue weighted by molar-refractivity contribution is 9.10. The highest BCUT2D eigenvalue weighted by Gasteiger charge is 2.22. The number of nitrogens with one attached hydrogen (secondary N) is 2. The van der Waals surface area contributed by atoms with E-state index in [0.717, 1.165) is 12.8 Å². The zero-order valence-electron chi connectivity index (χ0n) is 16.3. The molecule has 2 N–H and O–H groups in total. The summed E-state index contributed by atoms with van der Waals surface area (Å²) in [6, 6.07) is 13.3. The van der Waals surface area contributed by atoms with Gasteiger partial charge in [0.1, 0.15) is 0 Å². The van der Waals surface area contributed by atoms with Gasteiger partial charge in [-0.25, -0.2) is 8.42 Å². The van der Waals surface area contributed by atoms with Crippen LogP contribution in [-0.4, -0.2) is 36.8 Å². The number of benzene rings is 2. The molecule has 0 spiro atoms. The van der Waals surface area contributed by atoms with Crippen LogP contribution < -0.4 is 10.6 Å². The Hall–Kier alpha value is -1.81. The van der Waals surface area contributed by atoms with Gasteiger partial charge in [0.25, 0.3) is 5.91 Å². The fourth-order valence-corrected chi connectivity index (χ4v) is 4.99. The van der Waals surface area contributed by atoms with Crippen molar-refractivity contribution >= 4 is 54.9 Å². The first-order chi connectivity index (χ1) is 13.8. The van der Waals surface area contributed by atoms with Crippen LogP contribution in [0.25, 0.3) is 0 Å². The molecular weight excluding hydrogens is 474 g/mol. The molecule has 0 saturated carbocycles. The van der Waals surface area contributed by atoms with Gasteiger partial charge in [-0.05, 0) is 77.4 Å². The van der Waals surface area contributed by atoms with Crippen molar-refractivity contribution < 1.29 is 13.2 Å². The molecule has 156 valence electrons. The summed E-state index contributed by atoms with van der Waals surface area (Å²) in [4.78, 5) is 12.5. The lowest BCUT2D eigenvalue weighted by Gasteiger charge is -2.21. The summed E-state index contributed by atoms with van der Waals surface area (Å²) >= 11 is 8.52. The third kappa shape index (κ3) is 6.33. The smallest absolute Gasteiger partial charge is 0.258 e. The molecule has 0 heterocycles. The summed E-state index contributed by atoms with van der Waals surface area (Å²) in [5, 5.41) is 5.63. The minimum Gasteiger partial charge on any atom is -0.332 e. The maximum Gasteiger partial charge on any atom is 0.258 e. The molecule has 0 atom stereocenters. The van der Waals surface area contributed by atoms with E-state index in [1.165, 1.54) is 16.4 Å². The molecule has 0 aliphatic carbocycles. The molecule has 0 aliphatic heterocycles. The van der Waals surface area contributed by atoms with Gasteiger partial charge in [0, 0.05) is 23.2 Å². The second-order valence-corrected chi connectivity index (χ2v) is 9.52. The normalized spacial score (nSPS) is 11.3. The third-order valence-electron chi connectivity index (χ3n) is 4.04. The number of sulfonamides is 1. The van der Waals surface area contributed by atoms with E-state index in [1.54, 1.807) is 30.3 Å². The Labute approximate surface area is 185 Å². The van der Waals surface area contributed by atoms with E-state index in [1.807, 2.05) is 19.9 Å². The minimum atomic E-state index is -3.53. The monoisotopic (exact) mass is 497 g/mol. The molecular formula is C20H24BrN3O3S2. The van der Waals surface area contributed by atoms with Crippen molar-refractivity contribution in [3.05, 3.63) is 58.6 Å². The molecule has 0 fully saturated rings. The fraction of sp³-hybridized carbons (Fsp3) is 0.300. The molecule has 29 heavy (non-hydrogen) atoms. The Morgan fingerprint density at radius 3 is 2.17 bits per heavy atom. The number of nitrogens with zero attached hydrogens (tertiary/aromatic N) is 1. The van der Waals surface area contributed by atoms with Crippen molar-refractivity contribution in [1.82, 2.24) is 9.62 Å². The first kappa shape index (κ1) is 23.5. The number of hydrogen-bond acceptors (Lipinski definition) is 4. The number of thiocarbonyl (C=S) groups is 1. The van der Waals surface area contributed by atoms with Gasteiger partial charge in [0.2, 0.25) is 10.0 Å². The Balaban J connectivity index is 2.05. The van der Waals surface area contributed by atoms with E-state index < -0.39 is 10.0 Å². The molecule has 0 unspecified atom stereocenters. The summed E-state index contributed by atoms with van der Waals surface area (Å²) in [7, 11) is -3.53. The van der Waals surface area contributed by atoms with Crippen molar-refractivity contribution in [3.63, 3.8) is 0 Å². The number of amides is 1.